The van der Waals surface area contributed by atoms with Crippen molar-refractivity contribution in [2.75, 3.05) is 13.9 Å². The van der Waals surface area contributed by atoms with Crippen molar-refractivity contribution < 1.29 is 33.3 Å². The number of halogens is 1. The summed E-state index contributed by atoms with van der Waals surface area (Å²) >= 11 is 3.52. The molecule has 0 radical (unpaired) electrons. The van der Waals surface area contributed by atoms with E-state index in [0.717, 1.165) is 32.5 Å². The second-order valence-corrected chi connectivity index (χ2v) is 8.99. The van der Waals surface area contributed by atoms with E-state index >= 15 is 0 Å². The number of rotatable bonds is 5. The number of ketones is 1. The minimum absolute atomic E-state index is 0.204. The van der Waals surface area contributed by atoms with E-state index in [1.165, 1.54) is 7.11 Å². The summed E-state index contributed by atoms with van der Waals surface area (Å²) in [5, 5.41) is 0. The topological polar surface area (TPSA) is 80.3 Å². The van der Waals surface area contributed by atoms with E-state index in [-0.39, 0.29) is 24.9 Å². The van der Waals surface area contributed by atoms with Gasteiger partial charge in [-0.3, -0.25) is 4.79 Å². The van der Waals surface area contributed by atoms with Gasteiger partial charge < -0.3 is 23.7 Å². The largest absolute Gasteiger partial charge is 0.488 e. The summed E-state index contributed by atoms with van der Waals surface area (Å²) in [5.74, 6) is 1.44. The molecule has 0 saturated carbocycles. The van der Waals surface area contributed by atoms with Crippen LogP contribution in [0.15, 0.2) is 58.8 Å². The highest BCUT2D eigenvalue weighted by Crippen LogP contribution is 2.40. The summed E-state index contributed by atoms with van der Waals surface area (Å²) in [7, 11) is 1.33. The van der Waals surface area contributed by atoms with E-state index in [2.05, 4.69) is 15.9 Å². The molecule has 3 aromatic rings. The highest BCUT2D eigenvalue weighted by Gasteiger charge is 2.30. The smallest absolute Gasteiger partial charge is 0.337 e. The number of hydrogen-bond acceptors (Lipinski definition) is 7. The number of benzene rings is 3. The molecule has 5 rings (SSSR count). The van der Waals surface area contributed by atoms with E-state index in [4.69, 9.17) is 23.7 Å². The number of methoxy groups -OCH3 is 1. The normalized spacial score (nSPS) is 15.2. The third-order valence-electron chi connectivity index (χ3n) is 5.80. The van der Waals surface area contributed by atoms with Crippen LogP contribution < -0.4 is 14.2 Å². The van der Waals surface area contributed by atoms with E-state index in [0.29, 0.717) is 29.2 Å². The van der Waals surface area contributed by atoms with Gasteiger partial charge >= 0.3 is 5.97 Å². The van der Waals surface area contributed by atoms with Crippen molar-refractivity contribution in [3.05, 3.63) is 92.1 Å². The Kier molecular flexibility index (Phi) is 6.32. The lowest BCUT2D eigenvalue weighted by atomic mass is 10.1. The summed E-state index contributed by atoms with van der Waals surface area (Å²) in [5.41, 5.74) is 4.22. The zero-order valence-corrected chi connectivity index (χ0v) is 20.6. The molecule has 0 aromatic heterocycles. The van der Waals surface area contributed by atoms with Crippen LogP contribution in [0.3, 0.4) is 0 Å². The van der Waals surface area contributed by atoms with Crippen molar-refractivity contribution in [2.45, 2.75) is 20.1 Å². The summed E-state index contributed by atoms with van der Waals surface area (Å²) in [6.07, 6.45) is 1.65. The Bertz CT molecular complexity index is 1360. The molecular formula is C27H21BrO7. The fourth-order valence-corrected chi connectivity index (χ4v) is 4.58. The zero-order chi connectivity index (χ0) is 24.5. The molecule has 35 heavy (non-hydrogen) atoms. The molecule has 8 heteroatoms. The molecule has 0 N–H and O–H groups in total. The van der Waals surface area contributed by atoms with Gasteiger partial charge in [0.2, 0.25) is 5.78 Å². The summed E-state index contributed by atoms with van der Waals surface area (Å²) < 4.78 is 28.7. The summed E-state index contributed by atoms with van der Waals surface area (Å²) in [6.45, 7) is 2.83. The van der Waals surface area contributed by atoms with Crippen LogP contribution in [0.25, 0.3) is 6.08 Å². The third-order valence-corrected chi connectivity index (χ3v) is 6.26. The maximum absolute atomic E-state index is 12.9. The second-order valence-electron chi connectivity index (χ2n) is 8.07. The van der Waals surface area contributed by atoms with Gasteiger partial charge in [-0.25, -0.2) is 4.79 Å². The van der Waals surface area contributed by atoms with Gasteiger partial charge in [-0.1, -0.05) is 28.1 Å². The van der Waals surface area contributed by atoms with E-state index < -0.39 is 5.97 Å². The Morgan fingerprint density at radius 3 is 2.69 bits per heavy atom. The lowest BCUT2D eigenvalue weighted by Gasteiger charge is -2.21. The molecule has 178 valence electrons. The van der Waals surface area contributed by atoms with Gasteiger partial charge in [0.05, 0.1) is 24.8 Å². The standard InChI is InChI=1S/C27H21BrO7/c1-15-22(33-13-19-11-20(28)10-18-12-32-14-34-26(18)19)8-7-21-24(29)23(35-25(15)21)9-16-3-5-17(6-4-16)27(30)31-2/h3-11H,12-14H2,1-2H3/b23-9-. The SMILES string of the molecule is COC(=O)c1ccc(/C=C2\Oc3c(ccc(OCc4cc(Br)cc5c4OCOC5)c3C)C2=O)cc1. The Morgan fingerprint density at radius 2 is 1.91 bits per heavy atom. The van der Waals surface area contributed by atoms with Crippen LogP contribution in [0.4, 0.5) is 0 Å². The predicted molar refractivity (Wildman–Crippen MR) is 131 cm³/mol. The van der Waals surface area contributed by atoms with Gasteiger partial charge in [0.15, 0.2) is 12.6 Å². The van der Waals surface area contributed by atoms with Gasteiger partial charge in [-0.2, -0.15) is 0 Å². The minimum atomic E-state index is -0.420. The fraction of sp³-hybridized carbons (Fsp3) is 0.185. The van der Waals surface area contributed by atoms with Crippen LogP contribution in [0.5, 0.6) is 17.2 Å². The van der Waals surface area contributed by atoms with Crippen LogP contribution in [-0.2, 0) is 22.7 Å². The van der Waals surface area contributed by atoms with Crippen molar-refractivity contribution in [3.63, 3.8) is 0 Å². The molecule has 7 nitrogen and oxygen atoms in total. The number of hydrogen-bond donors (Lipinski definition) is 0. The predicted octanol–water partition coefficient (Wildman–Crippen LogP) is 5.61. The van der Waals surface area contributed by atoms with Gasteiger partial charge in [-0.15, -0.1) is 0 Å². The van der Waals surface area contributed by atoms with Gasteiger partial charge in [0.1, 0.15) is 23.9 Å². The number of Topliss-reactive ketones (excluding diaryl/α,β-unsaturated/α-hetero) is 1. The number of carbonyl (C=O) groups is 2. The molecule has 0 aliphatic carbocycles. The third kappa shape index (κ3) is 4.54. The van der Waals surface area contributed by atoms with Crippen molar-refractivity contribution in [1.29, 1.82) is 0 Å². The first kappa shape index (κ1) is 23.1. The average molecular weight is 537 g/mol. The molecule has 0 amide bonds. The first-order chi connectivity index (χ1) is 16.9. The molecule has 0 atom stereocenters. The monoisotopic (exact) mass is 536 g/mol. The molecule has 2 aliphatic heterocycles. The lowest BCUT2D eigenvalue weighted by Crippen LogP contribution is -2.14. The highest BCUT2D eigenvalue weighted by molar-refractivity contribution is 9.10. The number of esters is 1. The van der Waals surface area contributed by atoms with Crippen LogP contribution >= 0.6 is 15.9 Å². The van der Waals surface area contributed by atoms with Crippen LogP contribution in [0.2, 0.25) is 0 Å². The molecule has 0 unspecified atom stereocenters. The molecule has 0 spiro atoms. The number of carbonyl (C=O) groups excluding carboxylic acids is 2. The van der Waals surface area contributed by atoms with E-state index in [9.17, 15) is 9.59 Å². The molecule has 2 aliphatic rings. The number of allylic oxidation sites excluding steroid dienone is 1. The Balaban J connectivity index is 1.36. The lowest BCUT2D eigenvalue weighted by molar-refractivity contribution is -0.0176. The Morgan fingerprint density at radius 1 is 1.11 bits per heavy atom. The van der Waals surface area contributed by atoms with Crippen molar-refractivity contribution >= 4 is 33.8 Å². The van der Waals surface area contributed by atoms with Gasteiger partial charge in [0, 0.05) is 21.2 Å². The maximum Gasteiger partial charge on any atom is 0.337 e. The molecular weight excluding hydrogens is 516 g/mol. The summed E-state index contributed by atoms with van der Waals surface area (Å²) in [6, 6.07) is 14.1. The molecule has 3 aromatic carbocycles. The average Bonchev–Trinajstić information content (AvgIpc) is 3.19. The number of fused-ring (bicyclic) bond motifs is 2. The fourth-order valence-electron chi connectivity index (χ4n) is 4.03. The Hall–Kier alpha value is -3.62. The van der Waals surface area contributed by atoms with E-state index in [1.807, 2.05) is 19.1 Å². The maximum atomic E-state index is 12.9. The van der Waals surface area contributed by atoms with Gasteiger partial charge in [-0.05, 0) is 55.0 Å². The minimum Gasteiger partial charge on any atom is -0.488 e. The van der Waals surface area contributed by atoms with Crippen molar-refractivity contribution in [1.82, 2.24) is 0 Å². The highest BCUT2D eigenvalue weighted by atomic mass is 79.9. The number of ether oxygens (including phenoxy) is 5. The second kappa shape index (κ2) is 9.56. The van der Waals surface area contributed by atoms with Crippen LogP contribution in [0, 0.1) is 6.92 Å². The molecule has 2 heterocycles. The molecule has 0 fully saturated rings. The zero-order valence-electron chi connectivity index (χ0n) is 19.1. The van der Waals surface area contributed by atoms with Crippen LogP contribution in [0.1, 0.15) is 43.0 Å². The molecule has 0 bridgehead atoms. The first-order valence-corrected chi connectivity index (χ1v) is 11.6. The molecule has 0 saturated heterocycles. The van der Waals surface area contributed by atoms with Gasteiger partial charge in [0.25, 0.3) is 0 Å². The van der Waals surface area contributed by atoms with E-state index in [1.54, 1.807) is 42.5 Å². The Labute approximate surface area is 210 Å². The quantitative estimate of drug-likeness (QED) is 0.310. The first-order valence-electron chi connectivity index (χ1n) is 10.9. The van der Waals surface area contributed by atoms with Crippen LogP contribution in [-0.4, -0.2) is 25.7 Å². The van der Waals surface area contributed by atoms with Crippen molar-refractivity contribution in [3.8, 4) is 17.2 Å². The summed E-state index contributed by atoms with van der Waals surface area (Å²) in [4.78, 5) is 24.5. The van der Waals surface area contributed by atoms with Crippen molar-refractivity contribution in [2.24, 2.45) is 0 Å².